The van der Waals surface area contributed by atoms with Gasteiger partial charge in [-0.1, -0.05) is 34.6 Å². The van der Waals surface area contributed by atoms with Gasteiger partial charge in [0.15, 0.2) is 0 Å². The summed E-state index contributed by atoms with van der Waals surface area (Å²) < 4.78 is 5.78. The largest absolute Gasteiger partial charge is 0.392 e. The Morgan fingerprint density at radius 2 is 1.92 bits per heavy atom. The molecule has 1 aliphatic rings. The lowest BCUT2D eigenvalue weighted by molar-refractivity contribution is -0.169. The molecule has 0 aromatic carbocycles. The van der Waals surface area contributed by atoms with Crippen LogP contribution in [0.1, 0.15) is 34.6 Å². The summed E-state index contributed by atoms with van der Waals surface area (Å²) in [5.74, 6) is 0.726. The van der Waals surface area contributed by atoms with Gasteiger partial charge in [0, 0.05) is 11.3 Å². The van der Waals surface area contributed by atoms with Gasteiger partial charge in [-0.3, -0.25) is 0 Å². The molecule has 0 saturated carbocycles. The van der Waals surface area contributed by atoms with Gasteiger partial charge in [-0.2, -0.15) is 0 Å². The summed E-state index contributed by atoms with van der Waals surface area (Å²) in [6.07, 6.45) is -0.0309. The van der Waals surface area contributed by atoms with Crippen LogP contribution in [0.5, 0.6) is 0 Å². The van der Waals surface area contributed by atoms with Crippen molar-refractivity contribution in [3.8, 4) is 0 Å². The fourth-order valence-electron chi connectivity index (χ4n) is 2.24. The third kappa shape index (κ3) is 2.05. The van der Waals surface area contributed by atoms with Gasteiger partial charge in [-0.25, -0.2) is 0 Å². The summed E-state index contributed by atoms with van der Waals surface area (Å²) in [6.45, 7) is 11.2. The first-order valence-electron chi connectivity index (χ1n) is 5.16. The van der Waals surface area contributed by atoms with E-state index in [2.05, 4.69) is 34.6 Å². The molecule has 0 amide bonds. The average Bonchev–Trinajstić information content (AvgIpc) is 2.00. The molecule has 0 spiro atoms. The maximum Gasteiger partial charge on any atom is 0.0663 e. The summed E-state index contributed by atoms with van der Waals surface area (Å²) in [4.78, 5) is 0. The zero-order valence-electron chi connectivity index (χ0n) is 9.37. The maximum atomic E-state index is 10.0. The number of ether oxygens (including phenoxy) is 1. The molecule has 1 fully saturated rings. The van der Waals surface area contributed by atoms with Crippen LogP contribution in [0.4, 0.5) is 0 Å². The molecule has 1 aliphatic heterocycles. The van der Waals surface area contributed by atoms with E-state index in [0.717, 1.165) is 0 Å². The summed E-state index contributed by atoms with van der Waals surface area (Å²) in [5, 5.41) is 10.0. The first-order chi connectivity index (χ1) is 5.86. The molecule has 2 nitrogen and oxygen atoms in total. The Labute approximate surface area is 81.3 Å². The van der Waals surface area contributed by atoms with E-state index in [4.69, 9.17) is 4.74 Å². The monoisotopic (exact) mass is 186 g/mol. The predicted octanol–water partition coefficient (Wildman–Crippen LogP) is 2.06. The minimum atomic E-state index is -0.242. The highest BCUT2D eigenvalue weighted by atomic mass is 16.5. The fraction of sp³-hybridized carbons (Fsp3) is 1.00. The van der Waals surface area contributed by atoms with Crippen molar-refractivity contribution in [1.29, 1.82) is 0 Å². The van der Waals surface area contributed by atoms with Crippen molar-refractivity contribution in [3.05, 3.63) is 0 Å². The molecule has 0 aliphatic carbocycles. The Morgan fingerprint density at radius 1 is 1.38 bits per heavy atom. The van der Waals surface area contributed by atoms with Crippen LogP contribution in [0.25, 0.3) is 0 Å². The molecule has 1 heterocycles. The van der Waals surface area contributed by atoms with Crippen LogP contribution >= 0.6 is 0 Å². The second-order valence-electron chi connectivity index (χ2n) is 5.31. The zero-order chi connectivity index (χ0) is 10.2. The zero-order valence-corrected chi connectivity index (χ0v) is 9.37. The molecule has 0 radical (unpaired) electrons. The Bertz CT molecular complexity index is 173. The normalized spacial score (nSPS) is 39.5. The summed E-state index contributed by atoms with van der Waals surface area (Å²) in [6, 6.07) is 0. The molecule has 2 heteroatoms. The third-order valence-corrected chi connectivity index (χ3v) is 3.12. The molecule has 1 saturated heterocycles. The van der Waals surface area contributed by atoms with E-state index in [1.807, 2.05) is 0 Å². The standard InChI is InChI=1S/C11H22O2/c1-7(2)9-8(3)10(12)11(4,5)6-13-9/h7-10,12H,6H2,1-5H3. The number of hydrogen-bond acceptors (Lipinski definition) is 2. The van der Waals surface area contributed by atoms with Crippen LogP contribution in [-0.2, 0) is 4.74 Å². The Morgan fingerprint density at radius 3 is 2.38 bits per heavy atom. The number of hydrogen-bond donors (Lipinski definition) is 1. The molecule has 0 bridgehead atoms. The third-order valence-electron chi connectivity index (χ3n) is 3.12. The summed E-state index contributed by atoms with van der Waals surface area (Å²) in [7, 11) is 0. The number of aliphatic hydroxyl groups is 1. The minimum absolute atomic E-state index is 0.0925. The van der Waals surface area contributed by atoms with Gasteiger partial charge in [-0.15, -0.1) is 0 Å². The van der Waals surface area contributed by atoms with Crippen molar-refractivity contribution in [2.45, 2.75) is 46.8 Å². The van der Waals surface area contributed by atoms with Crippen molar-refractivity contribution >= 4 is 0 Å². The predicted molar refractivity (Wildman–Crippen MR) is 53.5 cm³/mol. The second-order valence-corrected chi connectivity index (χ2v) is 5.31. The van der Waals surface area contributed by atoms with Gasteiger partial charge in [0.05, 0.1) is 18.8 Å². The first-order valence-corrected chi connectivity index (χ1v) is 5.16. The van der Waals surface area contributed by atoms with E-state index in [9.17, 15) is 5.11 Å². The number of rotatable bonds is 1. The fourth-order valence-corrected chi connectivity index (χ4v) is 2.24. The summed E-state index contributed by atoms with van der Waals surface area (Å²) >= 11 is 0. The van der Waals surface area contributed by atoms with Crippen molar-refractivity contribution in [2.24, 2.45) is 17.3 Å². The highest BCUT2D eigenvalue weighted by molar-refractivity contribution is 4.90. The SMILES string of the molecule is CC(C)C1OCC(C)(C)C(O)C1C. The van der Waals surface area contributed by atoms with Crippen LogP contribution in [-0.4, -0.2) is 23.9 Å². The topological polar surface area (TPSA) is 29.5 Å². The quantitative estimate of drug-likeness (QED) is 0.679. The van der Waals surface area contributed by atoms with E-state index in [1.165, 1.54) is 0 Å². The molecular weight excluding hydrogens is 164 g/mol. The van der Waals surface area contributed by atoms with Crippen molar-refractivity contribution in [2.75, 3.05) is 6.61 Å². The van der Waals surface area contributed by atoms with Gasteiger partial charge in [0.2, 0.25) is 0 Å². The molecule has 3 unspecified atom stereocenters. The Hall–Kier alpha value is -0.0800. The van der Waals surface area contributed by atoms with Crippen molar-refractivity contribution in [1.82, 2.24) is 0 Å². The lowest BCUT2D eigenvalue weighted by Crippen LogP contribution is -2.51. The molecule has 78 valence electrons. The van der Waals surface area contributed by atoms with Crippen LogP contribution in [0.2, 0.25) is 0 Å². The van der Waals surface area contributed by atoms with Gasteiger partial charge >= 0.3 is 0 Å². The first kappa shape index (κ1) is 11.0. The van der Waals surface area contributed by atoms with E-state index < -0.39 is 0 Å². The van der Waals surface area contributed by atoms with Gasteiger partial charge in [0.1, 0.15) is 0 Å². The van der Waals surface area contributed by atoms with Gasteiger partial charge in [-0.05, 0) is 5.92 Å². The van der Waals surface area contributed by atoms with Crippen LogP contribution in [0.15, 0.2) is 0 Å². The molecular formula is C11H22O2. The van der Waals surface area contributed by atoms with Crippen molar-refractivity contribution < 1.29 is 9.84 Å². The van der Waals surface area contributed by atoms with E-state index in [1.54, 1.807) is 0 Å². The van der Waals surface area contributed by atoms with E-state index in [0.29, 0.717) is 12.5 Å². The molecule has 0 aromatic rings. The van der Waals surface area contributed by atoms with E-state index in [-0.39, 0.29) is 23.5 Å². The van der Waals surface area contributed by atoms with Crippen LogP contribution < -0.4 is 0 Å². The number of aliphatic hydroxyl groups excluding tert-OH is 1. The van der Waals surface area contributed by atoms with Crippen LogP contribution in [0, 0.1) is 17.3 Å². The molecule has 1 N–H and O–H groups in total. The minimum Gasteiger partial charge on any atom is -0.392 e. The highest BCUT2D eigenvalue weighted by Gasteiger charge is 2.42. The lowest BCUT2D eigenvalue weighted by atomic mass is 9.74. The molecule has 3 atom stereocenters. The molecule has 13 heavy (non-hydrogen) atoms. The van der Waals surface area contributed by atoms with Crippen LogP contribution in [0.3, 0.4) is 0 Å². The Balaban J connectivity index is 2.70. The maximum absolute atomic E-state index is 10.0. The Kier molecular flexibility index (Phi) is 3.03. The van der Waals surface area contributed by atoms with Gasteiger partial charge in [0.25, 0.3) is 0 Å². The van der Waals surface area contributed by atoms with Gasteiger partial charge < -0.3 is 9.84 Å². The molecule has 0 aromatic heterocycles. The molecule has 1 rings (SSSR count). The van der Waals surface area contributed by atoms with Crippen molar-refractivity contribution in [3.63, 3.8) is 0 Å². The second kappa shape index (κ2) is 3.58. The average molecular weight is 186 g/mol. The summed E-state index contributed by atoms with van der Waals surface area (Å²) in [5.41, 5.74) is -0.0925. The highest BCUT2D eigenvalue weighted by Crippen LogP contribution is 2.36. The smallest absolute Gasteiger partial charge is 0.0663 e. The van der Waals surface area contributed by atoms with E-state index >= 15 is 0 Å². The lowest BCUT2D eigenvalue weighted by Gasteiger charge is -2.45.